The lowest BCUT2D eigenvalue weighted by molar-refractivity contribution is 0.400. The largest absolute Gasteiger partial charge is 0.508 e. The summed E-state index contributed by atoms with van der Waals surface area (Å²) >= 11 is 0. The van der Waals surface area contributed by atoms with Gasteiger partial charge in [-0.3, -0.25) is 0 Å². The molecule has 0 fully saturated rings. The van der Waals surface area contributed by atoms with Crippen LogP contribution in [0.4, 0.5) is 0 Å². The Morgan fingerprint density at radius 3 is 2.75 bits per heavy atom. The molecule has 2 aromatic carbocycles. The second-order valence-electron chi connectivity index (χ2n) is 5.73. The van der Waals surface area contributed by atoms with Crippen LogP contribution in [0.3, 0.4) is 0 Å². The molecule has 1 heterocycles. The van der Waals surface area contributed by atoms with E-state index in [1.54, 1.807) is 6.07 Å². The number of phenols is 1. The molecule has 1 aliphatic heterocycles. The number of hydrogen-bond donors (Lipinski definition) is 2. The fourth-order valence-electron chi connectivity index (χ4n) is 3.11. The molecule has 0 radical (unpaired) electrons. The van der Waals surface area contributed by atoms with Crippen molar-refractivity contribution < 1.29 is 5.11 Å². The molecule has 0 bridgehead atoms. The summed E-state index contributed by atoms with van der Waals surface area (Å²) in [5, 5.41) is 13.4. The van der Waals surface area contributed by atoms with Crippen LogP contribution in [-0.2, 0) is 12.8 Å². The second kappa shape index (κ2) is 5.68. The van der Waals surface area contributed by atoms with Crippen LogP contribution in [-0.4, -0.2) is 11.1 Å². The number of aryl methyl sites for hydroxylation is 1. The molecule has 1 aliphatic rings. The quantitative estimate of drug-likeness (QED) is 0.890. The third-order valence-corrected chi connectivity index (χ3v) is 4.08. The van der Waals surface area contributed by atoms with E-state index in [0.29, 0.717) is 17.8 Å². The summed E-state index contributed by atoms with van der Waals surface area (Å²) in [4.78, 5) is 0. The van der Waals surface area contributed by atoms with Crippen LogP contribution in [0.1, 0.15) is 36.1 Å². The van der Waals surface area contributed by atoms with Gasteiger partial charge in [-0.15, -0.1) is 0 Å². The Labute approximate surface area is 120 Å². The minimum Gasteiger partial charge on any atom is -0.508 e. The number of benzene rings is 2. The molecule has 0 spiro atoms. The van der Waals surface area contributed by atoms with Crippen molar-refractivity contribution in [3.05, 3.63) is 65.2 Å². The Morgan fingerprint density at radius 2 is 1.95 bits per heavy atom. The molecule has 104 valence electrons. The van der Waals surface area contributed by atoms with E-state index >= 15 is 0 Å². The van der Waals surface area contributed by atoms with E-state index in [0.717, 1.165) is 19.3 Å². The fraction of sp³-hybridized carbons (Fsp3) is 0.333. The van der Waals surface area contributed by atoms with E-state index in [1.807, 2.05) is 6.07 Å². The van der Waals surface area contributed by atoms with Gasteiger partial charge in [-0.1, -0.05) is 36.4 Å². The molecule has 2 unspecified atom stereocenters. The minimum atomic E-state index is 0.334. The van der Waals surface area contributed by atoms with Crippen molar-refractivity contribution in [2.75, 3.05) is 0 Å². The second-order valence-corrected chi connectivity index (χ2v) is 5.73. The maximum absolute atomic E-state index is 9.73. The molecule has 0 saturated carbocycles. The van der Waals surface area contributed by atoms with E-state index in [9.17, 15) is 5.11 Å². The van der Waals surface area contributed by atoms with Gasteiger partial charge in [-0.25, -0.2) is 0 Å². The van der Waals surface area contributed by atoms with Crippen molar-refractivity contribution in [2.45, 2.75) is 38.3 Å². The highest BCUT2D eigenvalue weighted by molar-refractivity contribution is 5.39. The van der Waals surface area contributed by atoms with Gasteiger partial charge in [-0.2, -0.15) is 0 Å². The third kappa shape index (κ3) is 2.86. The molecule has 0 aromatic heterocycles. The predicted molar refractivity (Wildman–Crippen MR) is 81.9 cm³/mol. The Bertz CT molecular complexity index is 579. The van der Waals surface area contributed by atoms with Crippen molar-refractivity contribution in [1.82, 2.24) is 5.32 Å². The zero-order valence-corrected chi connectivity index (χ0v) is 11.8. The molecule has 0 aliphatic carbocycles. The van der Waals surface area contributed by atoms with Gasteiger partial charge in [0.1, 0.15) is 5.75 Å². The lowest BCUT2D eigenvalue weighted by Gasteiger charge is -2.31. The standard InChI is InChI=1S/C18H21NO/c1-13-11-15-8-9-16(20)12-17(15)18(19-13)10-7-14-5-3-2-4-6-14/h2-6,8-9,12-13,18-20H,7,10-11H2,1H3. The van der Waals surface area contributed by atoms with Crippen molar-refractivity contribution in [2.24, 2.45) is 0 Å². The Morgan fingerprint density at radius 1 is 1.15 bits per heavy atom. The van der Waals surface area contributed by atoms with E-state index < -0.39 is 0 Å². The van der Waals surface area contributed by atoms with Gasteiger partial charge in [-0.05, 0) is 55.0 Å². The van der Waals surface area contributed by atoms with Crippen LogP contribution in [0.25, 0.3) is 0 Å². The van der Waals surface area contributed by atoms with Crippen LogP contribution < -0.4 is 5.32 Å². The maximum Gasteiger partial charge on any atom is 0.115 e. The summed E-state index contributed by atoms with van der Waals surface area (Å²) in [6.07, 6.45) is 3.16. The van der Waals surface area contributed by atoms with Crippen LogP contribution in [0.15, 0.2) is 48.5 Å². The maximum atomic E-state index is 9.73. The topological polar surface area (TPSA) is 32.3 Å². The Hall–Kier alpha value is -1.80. The predicted octanol–water partition coefficient (Wildman–Crippen LogP) is 3.60. The van der Waals surface area contributed by atoms with Crippen LogP contribution in [0.5, 0.6) is 5.75 Å². The van der Waals surface area contributed by atoms with Crippen molar-refractivity contribution in [3.63, 3.8) is 0 Å². The summed E-state index contributed by atoms with van der Waals surface area (Å²) in [6, 6.07) is 17.2. The average Bonchev–Trinajstić information content (AvgIpc) is 2.46. The Kier molecular flexibility index (Phi) is 3.75. The zero-order chi connectivity index (χ0) is 13.9. The molecular weight excluding hydrogens is 246 g/mol. The number of phenolic OH excluding ortho intramolecular Hbond substituents is 1. The average molecular weight is 267 g/mol. The first-order chi connectivity index (χ1) is 9.72. The molecule has 0 saturated heterocycles. The van der Waals surface area contributed by atoms with Crippen molar-refractivity contribution in [1.29, 1.82) is 0 Å². The first-order valence-corrected chi connectivity index (χ1v) is 7.34. The SMILES string of the molecule is CC1Cc2ccc(O)cc2C(CCc2ccccc2)N1. The normalized spacial score (nSPS) is 21.4. The highest BCUT2D eigenvalue weighted by atomic mass is 16.3. The van der Waals surface area contributed by atoms with Gasteiger partial charge in [0.2, 0.25) is 0 Å². The van der Waals surface area contributed by atoms with Crippen molar-refractivity contribution >= 4 is 0 Å². The molecule has 2 heteroatoms. The van der Waals surface area contributed by atoms with Crippen molar-refractivity contribution in [3.8, 4) is 5.75 Å². The molecule has 2 nitrogen and oxygen atoms in total. The zero-order valence-electron chi connectivity index (χ0n) is 11.8. The molecular formula is C18H21NO. The van der Waals surface area contributed by atoms with E-state index in [4.69, 9.17) is 0 Å². The first kappa shape index (κ1) is 13.2. The van der Waals surface area contributed by atoms with Gasteiger partial charge >= 0.3 is 0 Å². The van der Waals surface area contributed by atoms with Gasteiger partial charge in [0, 0.05) is 12.1 Å². The molecule has 0 amide bonds. The lowest BCUT2D eigenvalue weighted by Crippen LogP contribution is -2.37. The molecule has 3 rings (SSSR count). The molecule has 2 aromatic rings. The molecule has 2 atom stereocenters. The Balaban J connectivity index is 1.78. The van der Waals surface area contributed by atoms with Gasteiger partial charge in [0.15, 0.2) is 0 Å². The van der Waals surface area contributed by atoms with Crippen LogP contribution >= 0.6 is 0 Å². The number of rotatable bonds is 3. The van der Waals surface area contributed by atoms with E-state index in [1.165, 1.54) is 16.7 Å². The first-order valence-electron chi connectivity index (χ1n) is 7.34. The third-order valence-electron chi connectivity index (χ3n) is 4.08. The highest BCUT2D eigenvalue weighted by Crippen LogP contribution is 2.31. The monoisotopic (exact) mass is 267 g/mol. The highest BCUT2D eigenvalue weighted by Gasteiger charge is 2.23. The minimum absolute atomic E-state index is 0.334. The summed E-state index contributed by atoms with van der Waals surface area (Å²) in [5.74, 6) is 0.366. The van der Waals surface area contributed by atoms with Gasteiger partial charge in [0.25, 0.3) is 0 Å². The number of fused-ring (bicyclic) bond motifs is 1. The van der Waals surface area contributed by atoms with Gasteiger partial charge < -0.3 is 10.4 Å². The summed E-state index contributed by atoms with van der Waals surface area (Å²) in [7, 11) is 0. The smallest absolute Gasteiger partial charge is 0.115 e. The van der Waals surface area contributed by atoms with Gasteiger partial charge in [0.05, 0.1) is 0 Å². The molecule has 20 heavy (non-hydrogen) atoms. The fourth-order valence-corrected chi connectivity index (χ4v) is 3.11. The van der Waals surface area contributed by atoms with Crippen LogP contribution in [0, 0.1) is 0 Å². The van der Waals surface area contributed by atoms with E-state index in [2.05, 4.69) is 48.6 Å². The molecule has 2 N–H and O–H groups in total. The summed E-state index contributed by atoms with van der Waals surface area (Å²) in [5.41, 5.74) is 4.00. The van der Waals surface area contributed by atoms with E-state index in [-0.39, 0.29) is 0 Å². The number of nitrogens with one attached hydrogen (secondary N) is 1. The lowest BCUT2D eigenvalue weighted by atomic mass is 9.87. The summed E-state index contributed by atoms with van der Waals surface area (Å²) < 4.78 is 0. The van der Waals surface area contributed by atoms with Crippen LogP contribution in [0.2, 0.25) is 0 Å². The number of aromatic hydroxyl groups is 1. The number of hydrogen-bond acceptors (Lipinski definition) is 2. The summed E-state index contributed by atoms with van der Waals surface area (Å²) in [6.45, 7) is 2.23.